The third kappa shape index (κ3) is 3.82. The number of aliphatic hydroxyl groups excluding tert-OH is 1. The maximum absolute atomic E-state index is 11.9. The van der Waals surface area contributed by atoms with Gasteiger partial charge in [0, 0.05) is 13.2 Å². The summed E-state index contributed by atoms with van der Waals surface area (Å²) in [5.74, 6) is 0.0452. The first kappa shape index (κ1) is 14.9. The lowest BCUT2D eigenvalue weighted by Crippen LogP contribution is -2.41. The first-order valence-electron chi connectivity index (χ1n) is 5.86. The number of carbonyl (C=O) groups excluding carboxylic acids is 1. The van der Waals surface area contributed by atoms with E-state index in [9.17, 15) is 4.79 Å². The molecule has 0 spiro atoms. The molecule has 0 saturated carbocycles. The largest absolute Gasteiger partial charge is 0.396 e. The van der Waals surface area contributed by atoms with E-state index in [0.29, 0.717) is 25.8 Å². The Kier molecular flexibility index (Phi) is 6.75. The van der Waals surface area contributed by atoms with Gasteiger partial charge in [-0.25, -0.2) is 0 Å². The van der Waals surface area contributed by atoms with E-state index in [4.69, 9.17) is 10.4 Å². The molecular formula is C12H22N2O2. The highest BCUT2D eigenvalue weighted by Gasteiger charge is 2.34. The van der Waals surface area contributed by atoms with Gasteiger partial charge in [-0.3, -0.25) is 4.79 Å². The second-order valence-corrected chi connectivity index (χ2v) is 4.23. The molecule has 0 aliphatic carbocycles. The summed E-state index contributed by atoms with van der Waals surface area (Å²) in [7, 11) is 0. The van der Waals surface area contributed by atoms with E-state index in [1.165, 1.54) is 0 Å². The van der Waals surface area contributed by atoms with E-state index >= 15 is 0 Å². The summed E-state index contributed by atoms with van der Waals surface area (Å²) in [5, 5.41) is 20.6. The average Bonchev–Trinajstić information content (AvgIpc) is 2.30. The topological polar surface area (TPSA) is 73.1 Å². The van der Waals surface area contributed by atoms with Crippen LogP contribution < -0.4 is 5.32 Å². The van der Waals surface area contributed by atoms with Crippen LogP contribution in [0.3, 0.4) is 0 Å². The predicted molar refractivity (Wildman–Crippen MR) is 62.5 cm³/mol. The minimum atomic E-state index is -0.890. The first-order valence-corrected chi connectivity index (χ1v) is 5.86. The molecule has 1 atom stereocenters. The van der Waals surface area contributed by atoms with Crippen molar-refractivity contribution in [1.82, 2.24) is 5.32 Å². The summed E-state index contributed by atoms with van der Waals surface area (Å²) in [6.07, 6.45) is 1.72. The zero-order chi connectivity index (χ0) is 12.6. The van der Waals surface area contributed by atoms with Crippen LogP contribution in [-0.2, 0) is 4.79 Å². The normalized spacial score (nSPS) is 12.9. The highest BCUT2D eigenvalue weighted by molar-refractivity contribution is 5.85. The number of nitriles is 1. The Balaban J connectivity index is 4.29. The molecule has 0 fully saturated rings. The summed E-state index contributed by atoms with van der Waals surface area (Å²) in [5.41, 5.74) is -0.890. The van der Waals surface area contributed by atoms with Gasteiger partial charge in [0.1, 0.15) is 5.41 Å². The van der Waals surface area contributed by atoms with Crippen molar-refractivity contribution in [3.8, 4) is 6.07 Å². The van der Waals surface area contributed by atoms with Crippen molar-refractivity contribution in [1.29, 1.82) is 5.26 Å². The number of carbonyl (C=O) groups is 1. The molecule has 0 bridgehead atoms. The minimum absolute atomic E-state index is 0.127. The van der Waals surface area contributed by atoms with Crippen molar-refractivity contribution >= 4 is 5.91 Å². The van der Waals surface area contributed by atoms with Crippen molar-refractivity contribution in [3.63, 3.8) is 0 Å². The Hall–Kier alpha value is -1.08. The molecule has 0 aromatic carbocycles. The van der Waals surface area contributed by atoms with E-state index < -0.39 is 5.41 Å². The van der Waals surface area contributed by atoms with Crippen molar-refractivity contribution in [2.75, 3.05) is 13.2 Å². The van der Waals surface area contributed by atoms with E-state index in [0.717, 1.165) is 0 Å². The molecule has 0 heterocycles. The van der Waals surface area contributed by atoms with Gasteiger partial charge in [-0.2, -0.15) is 5.26 Å². The molecule has 1 unspecified atom stereocenters. The van der Waals surface area contributed by atoms with Crippen LogP contribution in [0.4, 0.5) is 0 Å². The monoisotopic (exact) mass is 226 g/mol. The first-order chi connectivity index (χ1) is 7.56. The number of nitrogens with one attached hydrogen (secondary N) is 1. The fourth-order valence-corrected chi connectivity index (χ4v) is 1.54. The van der Waals surface area contributed by atoms with E-state index in [1.54, 1.807) is 0 Å². The molecule has 1 amide bonds. The maximum Gasteiger partial charge on any atom is 0.240 e. The fraction of sp³-hybridized carbons (Fsp3) is 0.833. The van der Waals surface area contributed by atoms with Crippen LogP contribution >= 0.6 is 0 Å². The number of hydrogen-bond donors (Lipinski definition) is 2. The summed E-state index contributed by atoms with van der Waals surface area (Å²) >= 11 is 0. The Morgan fingerprint density at radius 3 is 2.44 bits per heavy atom. The fourth-order valence-electron chi connectivity index (χ4n) is 1.54. The van der Waals surface area contributed by atoms with Crippen LogP contribution in [0.25, 0.3) is 0 Å². The van der Waals surface area contributed by atoms with Crippen molar-refractivity contribution in [2.24, 2.45) is 11.3 Å². The van der Waals surface area contributed by atoms with Crippen LogP contribution in [0.2, 0.25) is 0 Å². The van der Waals surface area contributed by atoms with E-state index in [2.05, 4.69) is 11.4 Å². The number of nitrogens with zero attached hydrogens (tertiary/aromatic N) is 1. The van der Waals surface area contributed by atoms with Crippen molar-refractivity contribution < 1.29 is 9.90 Å². The van der Waals surface area contributed by atoms with Crippen LogP contribution in [0.1, 0.15) is 40.0 Å². The Morgan fingerprint density at radius 2 is 2.06 bits per heavy atom. The predicted octanol–water partition coefficient (Wildman–Crippen LogP) is 1.45. The number of amides is 1. The van der Waals surface area contributed by atoms with Gasteiger partial charge in [0.25, 0.3) is 0 Å². The van der Waals surface area contributed by atoms with Crippen LogP contribution in [0.15, 0.2) is 0 Å². The maximum atomic E-state index is 11.9. The van der Waals surface area contributed by atoms with Crippen LogP contribution in [-0.4, -0.2) is 24.2 Å². The average molecular weight is 226 g/mol. The molecule has 0 radical (unpaired) electrons. The molecule has 0 aliphatic rings. The standard InChI is InChI=1S/C12H22N2O2/c1-4-12(5-2,9-13)11(16)14-8-10(3)6-7-15/h10,15H,4-8H2,1-3H3,(H,14,16). The molecule has 0 rings (SSSR count). The van der Waals surface area contributed by atoms with Gasteiger partial charge in [0.05, 0.1) is 6.07 Å². The molecular weight excluding hydrogens is 204 g/mol. The Labute approximate surface area is 97.7 Å². The SMILES string of the molecule is CCC(C#N)(CC)C(=O)NCC(C)CCO. The second-order valence-electron chi connectivity index (χ2n) is 4.23. The smallest absolute Gasteiger partial charge is 0.240 e. The highest BCUT2D eigenvalue weighted by atomic mass is 16.3. The second kappa shape index (κ2) is 7.24. The number of hydrogen-bond acceptors (Lipinski definition) is 3. The van der Waals surface area contributed by atoms with E-state index in [1.807, 2.05) is 20.8 Å². The molecule has 0 saturated heterocycles. The summed E-state index contributed by atoms with van der Waals surface area (Å²) < 4.78 is 0. The Bertz CT molecular complexity index is 254. The lowest BCUT2D eigenvalue weighted by Gasteiger charge is -2.23. The summed E-state index contributed by atoms with van der Waals surface area (Å²) in [4.78, 5) is 11.9. The molecule has 4 heteroatoms. The van der Waals surface area contributed by atoms with Crippen molar-refractivity contribution in [2.45, 2.75) is 40.0 Å². The molecule has 4 nitrogen and oxygen atoms in total. The van der Waals surface area contributed by atoms with Gasteiger partial charge in [-0.15, -0.1) is 0 Å². The summed E-state index contributed by atoms with van der Waals surface area (Å²) in [6, 6.07) is 2.11. The highest BCUT2D eigenvalue weighted by Crippen LogP contribution is 2.25. The lowest BCUT2D eigenvalue weighted by molar-refractivity contribution is -0.128. The Morgan fingerprint density at radius 1 is 1.50 bits per heavy atom. The number of rotatable bonds is 7. The number of aliphatic hydroxyl groups is 1. The molecule has 16 heavy (non-hydrogen) atoms. The van der Waals surface area contributed by atoms with Gasteiger partial charge in [-0.05, 0) is 25.2 Å². The minimum Gasteiger partial charge on any atom is -0.396 e. The third-order valence-corrected chi connectivity index (χ3v) is 3.09. The van der Waals surface area contributed by atoms with E-state index in [-0.39, 0.29) is 18.4 Å². The van der Waals surface area contributed by atoms with Gasteiger partial charge >= 0.3 is 0 Å². The molecule has 92 valence electrons. The van der Waals surface area contributed by atoms with Gasteiger partial charge in [0.2, 0.25) is 5.91 Å². The summed E-state index contributed by atoms with van der Waals surface area (Å²) in [6.45, 7) is 6.31. The quantitative estimate of drug-likeness (QED) is 0.690. The molecule has 2 N–H and O–H groups in total. The zero-order valence-corrected chi connectivity index (χ0v) is 10.4. The van der Waals surface area contributed by atoms with Gasteiger partial charge in [0.15, 0.2) is 0 Å². The molecule has 0 aromatic heterocycles. The molecule has 0 aliphatic heterocycles. The zero-order valence-electron chi connectivity index (χ0n) is 10.4. The van der Waals surface area contributed by atoms with Gasteiger partial charge < -0.3 is 10.4 Å². The molecule has 0 aromatic rings. The third-order valence-electron chi connectivity index (χ3n) is 3.09. The van der Waals surface area contributed by atoms with Gasteiger partial charge in [-0.1, -0.05) is 20.8 Å². The van der Waals surface area contributed by atoms with Crippen LogP contribution in [0, 0.1) is 22.7 Å². The lowest BCUT2D eigenvalue weighted by atomic mass is 9.83. The van der Waals surface area contributed by atoms with Crippen LogP contribution in [0.5, 0.6) is 0 Å². The van der Waals surface area contributed by atoms with Crippen molar-refractivity contribution in [3.05, 3.63) is 0 Å².